The lowest BCUT2D eigenvalue weighted by Crippen LogP contribution is -2.24. The van der Waals surface area contributed by atoms with Gasteiger partial charge >= 0.3 is 0 Å². The summed E-state index contributed by atoms with van der Waals surface area (Å²) in [5, 5.41) is 3.91. The number of pyridine rings is 1. The summed E-state index contributed by atoms with van der Waals surface area (Å²) in [7, 11) is 0. The first-order valence-electron chi connectivity index (χ1n) is 8.82. The van der Waals surface area contributed by atoms with Crippen LogP contribution >= 0.6 is 11.6 Å². The minimum atomic E-state index is -0.279. The molecule has 0 bridgehead atoms. The van der Waals surface area contributed by atoms with Crippen LogP contribution < -0.4 is 10.9 Å². The highest BCUT2D eigenvalue weighted by molar-refractivity contribution is 6.30. The molecule has 1 atom stereocenters. The molecule has 0 aliphatic heterocycles. The molecule has 2 aromatic carbocycles. The van der Waals surface area contributed by atoms with E-state index in [1.54, 1.807) is 30.5 Å². The molecule has 1 unspecified atom stereocenters. The molecule has 0 radical (unpaired) electrons. The minimum absolute atomic E-state index is 0.160. The van der Waals surface area contributed by atoms with Gasteiger partial charge in [0.05, 0.1) is 16.8 Å². The number of halogens is 2. The summed E-state index contributed by atoms with van der Waals surface area (Å²) in [5.41, 5.74) is 2.93. The summed E-state index contributed by atoms with van der Waals surface area (Å²) in [4.78, 5) is 16.9. The van der Waals surface area contributed by atoms with E-state index in [1.165, 1.54) is 22.6 Å². The third-order valence-electron chi connectivity index (χ3n) is 4.50. The average Bonchev–Trinajstić information content (AvgIpc) is 2.71. The van der Waals surface area contributed by atoms with Crippen LogP contribution in [0.4, 0.5) is 4.39 Å². The number of benzene rings is 2. The molecule has 6 heteroatoms. The molecule has 4 nitrogen and oxygen atoms in total. The van der Waals surface area contributed by atoms with Gasteiger partial charge in [0.1, 0.15) is 11.5 Å². The van der Waals surface area contributed by atoms with Crippen molar-refractivity contribution in [3.63, 3.8) is 0 Å². The third-order valence-corrected chi connectivity index (χ3v) is 4.72. The highest BCUT2D eigenvalue weighted by Crippen LogP contribution is 2.22. The van der Waals surface area contributed by atoms with Crippen molar-refractivity contribution < 1.29 is 4.39 Å². The molecule has 2 heterocycles. The first-order valence-corrected chi connectivity index (χ1v) is 9.19. The summed E-state index contributed by atoms with van der Waals surface area (Å²) in [6.45, 7) is 0.380. The average molecular weight is 394 g/mol. The van der Waals surface area contributed by atoms with E-state index in [0.717, 1.165) is 11.1 Å². The summed E-state index contributed by atoms with van der Waals surface area (Å²) in [6, 6.07) is 21.0. The van der Waals surface area contributed by atoms with E-state index in [4.69, 9.17) is 11.6 Å². The molecule has 28 heavy (non-hydrogen) atoms. The largest absolute Gasteiger partial charge is 0.301 e. The Morgan fingerprint density at radius 2 is 1.71 bits per heavy atom. The zero-order valence-electron chi connectivity index (χ0n) is 14.8. The van der Waals surface area contributed by atoms with E-state index in [-0.39, 0.29) is 17.4 Å². The van der Waals surface area contributed by atoms with Gasteiger partial charge in [0, 0.05) is 18.8 Å². The van der Waals surface area contributed by atoms with Gasteiger partial charge in [0.2, 0.25) is 0 Å². The van der Waals surface area contributed by atoms with E-state index in [9.17, 15) is 9.18 Å². The molecule has 0 amide bonds. The van der Waals surface area contributed by atoms with Gasteiger partial charge in [0.25, 0.3) is 5.56 Å². The zero-order chi connectivity index (χ0) is 19.5. The van der Waals surface area contributed by atoms with Gasteiger partial charge in [-0.1, -0.05) is 54.1 Å². The van der Waals surface area contributed by atoms with E-state index < -0.39 is 0 Å². The number of hydrogen-bond acceptors (Lipinski definition) is 3. The van der Waals surface area contributed by atoms with Crippen molar-refractivity contribution in [1.82, 2.24) is 14.7 Å². The summed E-state index contributed by atoms with van der Waals surface area (Å²) >= 11 is 5.95. The molecular weight excluding hydrogens is 377 g/mol. The van der Waals surface area contributed by atoms with Crippen molar-refractivity contribution in [3.8, 4) is 0 Å². The molecule has 4 rings (SSSR count). The van der Waals surface area contributed by atoms with E-state index in [2.05, 4.69) is 10.3 Å². The maximum atomic E-state index is 13.3. The van der Waals surface area contributed by atoms with Crippen LogP contribution in [0.1, 0.15) is 22.9 Å². The van der Waals surface area contributed by atoms with E-state index >= 15 is 0 Å². The van der Waals surface area contributed by atoms with Crippen molar-refractivity contribution in [2.45, 2.75) is 12.6 Å². The first kappa shape index (κ1) is 18.3. The van der Waals surface area contributed by atoms with Crippen LogP contribution in [-0.4, -0.2) is 9.38 Å². The Morgan fingerprint density at radius 3 is 2.46 bits per heavy atom. The standard InChI is InChI=1S/C22H17ClFN3O/c23-17-8-11-20-26-19(12-21(28)27(20)14-17)13-25-22(15-4-2-1-3-5-15)16-6-9-18(24)10-7-16/h1-12,14,22,25H,13H2. The topological polar surface area (TPSA) is 46.4 Å². The minimum Gasteiger partial charge on any atom is -0.301 e. The van der Waals surface area contributed by atoms with Gasteiger partial charge in [-0.05, 0) is 35.4 Å². The highest BCUT2D eigenvalue weighted by atomic mass is 35.5. The molecule has 4 aromatic rings. The van der Waals surface area contributed by atoms with Crippen molar-refractivity contribution in [1.29, 1.82) is 0 Å². The molecule has 0 saturated heterocycles. The maximum absolute atomic E-state index is 13.3. The second kappa shape index (κ2) is 7.92. The lowest BCUT2D eigenvalue weighted by atomic mass is 9.98. The third kappa shape index (κ3) is 3.96. The van der Waals surface area contributed by atoms with E-state index in [0.29, 0.717) is 22.9 Å². The summed E-state index contributed by atoms with van der Waals surface area (Å²) < 4.78 is 14.8. The zero-order valence-corrected chi connectivity index (χ0v) is 15.6. The van der Waals surface area contributed by atoms with Gasteiger partial charge in [-0.15, -0.1) is 0 Å². The Morgan fingerprint density at radius 1 is 1.00 bits per heavy atom. The molecular formula is C22H17ClFN3O. The summed E-state index contributed by atoms with van der Waals surface area (Å²) in [5.74, 6) is -0.279. The lowest BCUT2D eigenvalue weighted by Gasteiger charge is -2.20. The normalized spacial score (nSPS) is 12.2. The number of rotatable bonds is 5. The Bertz CT molecular complexity index is 1160. The SMILES string of the molecule is O=c1cc(CNC(c2ccccc2)c2ccc(F)cc2)nc2ccc(Cl)cn12. The Hall–Kier alpha value is -3.02. The molecule has 0 aliphatic rings. The Kier molecular flexibility index (Phi) is 5.19. The van der Waals surface area contributed by atoms with Gasteiger partial charge in [-0.2, -0.15) is 0 Å². The predicted molar refractivity (Wildman–Crippen MR) is 108 cm³/mol. The van der Waals surface area contributed by atoms with Crippen molar-refractivity contribution >= 4 is 17.2 Å². The molecule has 140 valence electrons. The fraction of sp³-hybridized carbons (Fsp3) is 0.0909. The lowest BCUT2D eigenvalue weighted by molar-refractivity contribution is 0.591. The molecule has 0 saturated carbocycles. The van der Waals surface area contributed by atoms with Gasteiger partial charge in [-0.3, -0.25) is 9.20 Å². The van der Waals surface area contributed by atoms with Gasteiger partial charge in [-0.25, -0.2) is 9.37 Å². The van der Waals surface area contributed by atoms with Crippen molar-refractivity contribution in [3.05, 3.63) is 117 Å². The Balaban J connectivity index is 1.64. The van der Waals surface area contributed by atoms with Crippen molar-refractivity contribution in [2.24, 2.45) is 0 Å². The van der Waals surface area contributed by atoms with Crippen LogP contribution in [0, 0.1) is 5.82 Å². The fourth-order valence-corrected chi connectivity index (χ4v) is 3.31. The fourth-order valence-electron chi connectivity index (χ4n) is 3.15. The Labute approximate surface area is 166 Å². The van der Waals surface area contributed by atoms with Crippen LogP contribution in [-0.2, 0) is 6.54 Å². The van der Waals surface area contributed by atoms with Crippen molar-refractivity contribution in [2.75, 3.05) is 0 Å². The van der Waals surface area contributed by atoms with Crippen LogP contribution in [0.15, 0.2) is 83.8 Å². The van der Waals surface area contributed by atoms with E-state index in [1.807, 2.05) is 30.3 Å². The predicted octanol–water partition coefficient (Wildman–Crippen LogP) is 4.37. The second-order valence-corrected chi connectivity index (χ2v) is 6.87. The first-order chi connectivity index (χ1) is 13.6. The van der Waals surface area contributed by atoms with Gasteiger partial charge < -0.3 is 5.32 Å². The number of nitrogens with zero attached hydrogens (tertiary/aromatic N) is 2. The molecule has 0 aliphatic carbocycles. The monoisotopic (exact) mass is 393 g/mol. The number of nitrogens with one attached hydrogen (secondary N) is 1. The number of hydrogen-bond donors (Lipinski definition) is 1. The summed E-state index contributed by atoms with van der Waals surface area (Å²) in [6.07, 6.45) is 1.55. The van der Waals surface area contributed by atoms with Crippen LogP contribution in [0.3, 0.4) is 0 Å². The molecule has 2 aromatic heterocycles. The van der Waals surface area contributed by atoms with Crippen LogP contribution in [0.5, 0.6) is 0 Å². The number of fused-ring (bicyclic) bond motifs is 1. The van der Waals surface area contributed by atoms with Crippen LogP contribution in [0.2, 0.25) is 5.02 Å². The quantitative estimate of drug-likeness (QED) is 0.547. The smallest absolute Gasteiger partial charge is 0.258 e. The molecule has 0 fully saturated rings. The second-order valence-electron chi connectivity index (χ2n) is 6.44. The maximum Gasteiger partial charge on any atom is 0.258 e. The number of aromatic nitrogens is 2. The highest BCUT2D eigenvalue weighted by Gasteiger charge is 2.14. The molecule has 1 N–H and O–H groups in total. The van der Waals surface area contributed by atoms with Gasteiger partial charge in [0.15, 0.2) is 0 Å². The molecule has 0 spiro atoms. The van der Waals surface area contributed by atoms with Crippen LogP contribution in [0.25, 0.3) is 5.65 Å².